The molecule has 3 rings (SSSR count). The summed E-state index contributed by atoms with van der Waals surface area (Å²) in [5, 5.41) is 13.7. The molecule has 1 saturated carbocycles. The number of guanidine groups is 1. The summed E-state index contributed by atoms with van der Waals surface area (Å²) in [4.78, 5) is 8.98. The van der Waals surface area contributed by atoms with Crippen molar-refractivity contribution in [1.82, 2.24) is 25.8 Å². The van der Waals surface area contributed by atoms with Gasteiger partial charge in [0.2, 0.25) is 0 Å². The third kappa shape index (κ3) is 6.16. The Morgan fingerprint density at radius 1 is 1.32 bits per heavy atom. The van der Waals surface area contributed by atoms with Crippen LogP contribution in [0.4, 0.5) is 0 Å². The third-order valence-corrected chi connectivity index (χ3v) is 5.26. The average molecular weight is 498 g/mol. The number of hydrogen-bond acceptors (Lipinski definition) is 4. The minimum Gasteiger partial charge on any atom is -0.385 e. The number of nitrogens with one attached hydrogen (secondary N) is 3. The van der Waals surface area contributed by atoms with Crippen molar-refractivity contribution in [3.05, 3.63) is 36.2 Å². The maximum Gasteiger partial charge on any atom is 0.191 e. The van der Waals surface area contributed by atoms with Crippen LogP contribution in [0, 0.1) is 5.41 Å². The van der Waals surface area contributed by atoms with Crippen LogP contribution in [-0.2, 0) is 11.3 Å². The number of aliphatic imine (C=N–C) groups is 1. The molecule has 0 radical (unpaired) electrons. The summed E-state index contributed by atoms with van der Waals surface area (Å²) >= 11 is 0. The number of nitrogens with zero attached hydrogens (tertiary/aromatic N) is 3. The second kappa shape index (κ2) is 11.4. The number of benzene rings is 1. The molecule has 3 N–H and O–H groups in total. The van der Waals surface area contributed by atoms with E-state index in [1.807, 2.05) is 12.1 Å². The van der Waals surface area contributed by atoms with E-state index in [9.17, 15) is 0 Å². The lowest BCUT2D eigenvalue weighted by Gasteiger charge is -2.42. The number of H-pyrrole nitrogens is 1. The second-order valence-electron chi connectivity index (χ2n) is 7.18. The van der Waals surface area contributed by atoms with Crippen LogP contribution in [0.3, 0.4) is 0 Å². The molecule has 1 aromatic heterocycles. The summed E-state index contributed by atoms with van der Waals surface area (Å²) in [6, 6.07) is 8.23. The highest BCUT2D eigenvalue weighted by atomic mass is 127. The van der Waals surface area contributed by atoms with Gasteiger partial charge in [-0.05, 0) is 43.2 Å². The van der Waals surface area contributed by atoms with Gasteiger partial charge in [0.1, 0.15) is 6.33 Å². The molecule has 0 amide bonds. The molecular formula is C20H31IN6O. The van der Waals surface area contributed by atoms with Crippen molar-refractivity contribution < 1.29 is 4.74 Å². The number of rotatable bonds is 9. The molecule has 28 heavy (non-hydrogen) atoms. The SMILES string of the molecule is CCNC(=NCc1cccc(-c2ncn[nH]2)c1)NCC1(CCOC)CCC1.I. The molecule has 1 heterocycles. The highest BCUT2D eigenvalue weighted by Gasteiger charge is 2.36. The number of aromatic amines is 1. The molecule has 0 aliphatic heterocycles. The molecule has 154 valence electrons. The van der Waals surface area contributed by atoms with E-state index in [4.69, 9.17) is 9.73 Å². The van der Waals surface area contributed by atoms with Gasteiger partial charge in [-0.3, -0.25) is 5.10 Å². The summed E-state index contributed by atoms with van der Waals surface area (Å²) in [5.74, 6) is 1.64. The Balaban J connectivity index is 0.00000280. The summed E-state index contributed by atoms with van der Waals surface area (Å²) in [6.45, 7) is 5.31. The lowest BCUT2D eigenvalue weighted by Crippen LogP contribution is -2.46. The molecule has 2 aromatic rings. The number of methoxy groups -OCH3 is 1. The highest BCUT2D eigenvalue weighted by molar-refractivity contribution is 14.0. The molecule has 0 atom stereocenters. The van der Waals surface area contributed by atoms with E-state index in [1.54, 1.807) is 7.11 Å². The van der Waals surface area contributed by atoms with Gasteiger partial charge in [-0.1, -0.05) is 24.6 Å². The first-order valence-corrected chi connectivity index (χ1v) is 9.70. The van der Waals surface area contributed by atoms with Crippen molar-refractivity contribution in [3.8, 4) is 11.4 Å². The van der Waals surface area contributed by atoms with Gasteiger partial charge in [-0.15, -0.1) is 24.0 Å². The summed E-state index contributed by atoms with van der Waals surface area (Å²) in [6.07, 6.45) is 6.47. The van der Waals surface area contributed by atoms with Gasteiger partial charge in [0.15, 0.2) is 11.8 Å². The van der Waals surface area contributed by atoms with E-state index in [2.05, 4.69) is 44.9 Å². The zero-order chi connectivity index (χ0) is 19.0. The van der Waals surface area contributed by atoms with E-state index < -0.39 is 0 Å². The van der Waals surface area contributed by atoms with Crippen molar-refractivity contribution in [3.63, 3.8) is 0 Å². The maximum atomic E-state index is 5.29. The van der Waals surface area contributed by atoms with Gasteiger partial charge in [-0.25, -0.2) is 9.98 Å². The fourth-order valence-corrected chi connectivity index (χ4v) is 3.46. The molecule has 0 spiro atoms. The first-order valence-electron chi connectivity index (χ1n) is 9.70. The van der Waals surface area contributed by atoms with Gasteiger partial charge in [-0.2, -0.15) is 5.10 Å². The van der Waals surface area contributed by atoms with Crippen LogP contribution in [0.1, 0.15) is 38.2 Å². The minimum absolute atomic E-state index is 0. The number of hydrogen-bond donors (Lipinski definition) is 3. The fourth-order valence-electron chi connectivity index (χ4n) is 3.46. The van der Waals surface area contributed by atoms with E-state index >= 15 is 0 Å². The Bertz CT molecular complexity index is 730. The number of halogens is 1. The third-order valence-electron chi connectivity index (χ3n) is 5.26. The van der Waals surface area contributed by atoms with Crippen LogP contribution in [-0.4, -0.2) is 47.9 Å². The van der Waals surface area contributed by atoms with Crippen LogP contribution in [0.2, 0.25) is 0 Å². The zero-order valence-corrected chi connectivity index (χ0v) is 19.0. The second-order valence-corrected chi connectivity index (χ2v) is 7.18. The topological polar surface area (TPSA) is 87.2 Å². The molecule has 1 aliphatic carbocycles. The molecule has 8 heteroatoms. The highest BCUT2D eigenvalue weighted by Crippen LogP contribution is 2.43. The van der Waals surface area contributed by atoms with Gasteiger partial charge in [0.25, 0.3) is 0 Å². The van der Waals surface area contributed by atoms with Crippen molar-refractivity contribution in [2.45, 2.75) is 39.2 Å². The molecule has 1 aromatic carbocycles. The van der Waals surface area contributed by atoms with E-state index in [0.29, 0.717) is 12.0 Å². The van der Waals surface area contributed by atoms with Gasteiger partial charge in [0, 0.05) is 32.4 Å². The van der Waals surface area contributed by atoms with Gasteiger partial charge < -0.3 is 15.4 Å². The van der Waals surface area contributed by atoms with Crippen LogP contribution < -0.4 is 10.6 Å². The maximum absolute atomic E-state index is 5.29. The Kier molecular flexibility index (Phi) is 9.17. The molecule has 1 fully saturated rings. The Labute approximate surface area is 184 Å². The largest absolute Gasteiger partial charge is 0.385 e. The fraction of sp³-hybridized carbons (Fsp3) is 0.550. The minimum atomic E-state index is 0. The normalized spacial score (nSPS) is 15.4. The lowest BCUT2D eigenvalue weighted by molar-refractivity contribution is 0.0732. The van der Waals surface area contributed by atoms with Gasteiger partial charge >= 0.3 is 0 Å². The monoisotopic (exact) mass is 498 g/mol. The quantitative estimate of drug-likeness (QED) is 0.281. The van der Waals surface area contributed by atoms with Crippen LogP contribution in [0.25, 0.3) is 11.4 Å². The van der Waals surface area contributed by atoms with E-state index in [0.717, 1.165) is 49.0 Å². The summed E-state index contributed by atoms with van der Waals surface area (Å²) < 4.78 is 5.29. The average Bonchev–Trinajstić information content (AvgIpc) is 3.20. The standard InChI is InChI=1S/C20H30N6O.HI/c1-3-21-19(23-14-20(8-5-9-20)10-11-27-2)22-13-16-6-4-7-17(12-16)18-24-15-25-26-18;/h4,6-7,12,15H,3,5,8-11,13-14H2,1-2H3,(H2,21,22,23)(H,24,25,26);1H. The lowest BCUT2D eigenvalue weighted by atomic mass is 9.67. The van der Waals surface area contributed by atoms with Crippen molar-refractivity contribution in [2.75, 3.05) is 26.8 Å². The predicted octanol–water partition coefficient (Wildman–Crippen LogP) is 3.35. The first-order chi connectivity index (χ1) is 13.2. The van der Waals surface area contributed by atoms with E-state index in [1.165, 1.54) is 25.6 Å². The Morgan fingerprint density at radius 2 is 2.18 bits per heavy atom. The van der Waals surface area contributed by atoms with Gasteiger partial charge in [0.05, 0.1) is 6.54 Å². The summed E-state index contributed by atoms with van der Waals surface area (Å²) in [5.41, 5.74) is 2.52. The Morgan fingerprint density at radius 3 is 2.82 bits per heavy atom. The Hall–Kier alpha value is -1.68. The molecule has 7 nitrogen and oxygen atoms in total. The number of ether oxygens (including phenoxy) is 1. The van der Waals surface area contributed by atoms with E-state index in [-0.39, 0.29) is 24.0 Å². The molecule has 0 saturated heterocycles. The predicted molar refractivity (Wildman–Crippen MR) is 123 cm³/mol. The van der Waals surface area contributed by atoms with Crippen molar-refractivity contribution in [1.29, 1.82) is 0 Å². The summed E-state index contributed by atoms with van der Waals surface area (Å²) in [7, 11) is 1.78. The number of aromatic nitrogens is 3. The molecule has 0 unspecified atom stereocenters. The molecule has 0 bridgehead atoms. The molecular weight excluding hydrogens is 467 g/mol. The molecule has 1 aliphatic rings. The smallest absolute Gasteiger partial charge is 0.191 e. The van der Waals surface area contributed by atoms with Crippen molar-refractivity contribution in [2.24, 2.45) is 10.4 Å². The zero-order valence-electron chi connectivity index (χ0n) is 16.7. The van der Waals surface area contributed by atoms with Crippen LogP contribution in [0.5, 0.6) is 0 Å². The van der Waals surface area contributed by atoms with Crippen molar-refractivity contribution >= 4 is 29.9 Å². The first kappa shape index (κ1) is 22.6. The van der Waals surface area contributed by atoms with Crippen LogP contribution in [0.15, 0.2) is 35.6 Å². The van der Waals surface area contributed by atoms with Crippen LogP contribution >= 0.6 is 24.0 Å².